The molecule has 5 nitrogen and oxygen atoms in total. The molecule has 0 aliphatic carbocycles. The number of likely N-dealkylation sites (tertiary alicyclic amines) is 1. The second kappa shape index (κ2) is 7.27. The van der Waals surface area contributed by atoms with Crippen LogP contribution in [0.25, 0.3) is 0 Å². The van der Waals surface area contributed by atoms with Crippen LogP contribution >= 0.6 is 0 Å². The molecule has 0 saturated carbocycles. The molecule has 2 saturated heterocycles. The first-order valence-corrected chi connectivity index (χ1v) is 8.13. The van der Waals surface area contributed by atoms with Crippen molar-refractivity contribution in [3.8, 4) is 0 Å². The molecule has 0 bridgehead atoms. The lowest BCUT2D eigenvalue weighted by Gasteiger charge is -2.41. The van der Waals surface area contributed by atoms with Gasteiger partial charge in [0, 0.05) is 51.9 Å². The number of hydrogen-bond acceptors (Lipinski definition) is 3. The predicted molar refractivity (Wildman–Crippen MR) is 81.6 cm³/mol. The number of nitrogens with zero attached hydrogens (tertiary/aromatic N) is 3. The van der Waals surface area contributed by atoms with E-state index in [1.54, 1.807) is 0 Å². The maximum Gasteiger partial charge on any atom is 0.320 e. The molecule has 0 aromatic heterocycles. The van der Waals surface area contributed by atoms with Crippen LogP contribution < -0.4 is 5.73 Å². The first-order chi connectivity index (χ1) is 9.65. The van der Waals surface area contributed by atoms with Gasteiger partial charge in [-0.05, 0) is 25.2 Å². The van der Waals surface area contributed by atoms with Gasteiger partial charge >= 0.3 is 6.03 Å². The van der Waals surface area contributed by atoms with Gasteiger partial charge in [0.2, 0.25) is 0 Å². The van der Waals surface area contributed by atoms with Gasteiger partial charge in [0.1, 0.15) is 0 Å². The van der Waals surface area contributed by atoms with Crippen LogP contribution in [-0.4, -0.2) is 72.6 Å². The molecule has 0 aromatic rings. The molecule has 2 aliphatic heterocycles. The second-order valence-corrected chi connectivity index (χ2v) is 6.30. The van der Waals surface area contributed by atoms with Gasteiger partial charge in [-0.25, -0.2) is 4.79 Å². The lowest BCUT2D eigenvalue weighted by Crippen LogP contribution is -2.56. The van der Waals surface area contributed by atoms with Crippen molar-refractivity contribution in [2.45, 2.75) is 39.2 Å². The highest BCUT2D eigenvalue weighted by molar-refractivity contribution is 5.74. The number of carbonyl (C=O) groups excluding carboxylic acids is 1. The maximum atomic E-state index is 12.5. The molecule has 5 heteroatoms. The summed E-state index contributed by atoms with van der Waals surface area (Å²) in [6, 6.07) is 0.722. The van der Waals surface area contributed by atoms with Gasteiger partial charge in [-0.3, -0.25) is 4.90 Å². The standard InChI is InChI=1S/C15H30N4O/c1-3-14(11-16)17-7-9-18(10-8-17)15(20)19-6-4-5-13(2)12-19/h13-14H,3-12,16H2,1-2H3. The molecule has 2 aliphatic rings. The third-order valence-corrected chi connectivity index (χ3v) is 4.77. The Hall–Kier alpha value is -0.810. The Morgan fingerprint density at radius 1 is 1.20 bits per heavy atom. The van der Waals surface area contributed by atoms with Crippen LogP contribution in [0.1, 0.15) is 33.1 Å². The molecule has 2 amide bonds. The molecule has 0 aromatic carbocycles. The lowest BCUT2D eigenvalue weighted by molar-refractivity contribution is 0.0832. The van der Waals surface area contributed by atoms with Gasteiger partial charge in [-0.15, -0.1) is 0 Å². The van der Waals surface area contributed by atoms with E-state index >= 15 is 0 Å². The Labute approximate surface area is 123 Å². The molecule has 0 spiro atoms. The maximum absolute atomic E-state index is 12.5. The van der Waals surface area contributed by atoms with Crippen molar-refractivity contribution in [3.63, 3.8) is 0 Å². The third kappa shape index (κ3) is 3.64. The highest BCUT2D eigenvalue weighted by Gasteiger charge is 2.29. The predicted octanol–water partition coefficient (Wildman–Crippen LogP) is 1.19. The molecule has 2 fully saturated rings. The van der Waals surface area contributed by atoms with Gasteiger partial charge in [-0.1, -0.05) is 13.8 Å². The van der Waals surface area contributed by atoms with Crippen molar-refractivity contribution in [2.24, 2.45) is 11.7 Å². The number of nitrogens with two attached hydrogens (primary N) is 1. The Morgan fingerprint density at radius 3 is 2.45 bits per heavy atom. The molecule has 2 heterocycles. The largest absolute Gasteiger partial charge is 0.329 e. The molecule has 2 atom stereocenters. The van der Waals surface area contributed by atoms with Gasteiger partial charge in [0.15, 0.2) is 0 Å². The summed E-state index contributed by atoms with van der Waals surface area (Å²) in [7, 11) is 0. The molecule has 0 radical (unpaired) electrons. The summed E-state index contributed by atoms with van der Waals surface area (Å²) in [5, 5.41) is 0. The van der Waals surface area contributed by atoms with E-state index in [0.717, 1.165) is 52.1 Å². The lowest BCUT2D eigenvalue weighted by atomic mass is 10.0. The summed E-state index contributed by atoms with van der Waals surface area (Å²) in [4.78, 5) is 19.0. The van der Waals surface area contributed by atoms with Crippen LogP contribution in [0.3, 0.4) is 0 Å². The number of rotatable bonds is 3. The number of hydrogen-bond donors (Lipinski definition) is 1. The van der Waals surface area contributed by atoms with Crippen molar-refractivity contribution in [1.29, 1.82) is 0 Å². The fraction of sp³-hybridized carbons (Fsp3) is 0.933. The second-order valence-electron chi connectivity index (χ2n) is 6.30. The normalized spacial score (nSPS) is 26.6. The van der Waals surface area contributed by atoms with Crippen LogP contribution in [0.4, 0.5) is 4.79 Å². The minimum atomic E-state index is 0.247. The number of urea groups is 1. The minimum absolute atomic E-state index is 0.247. The zero-order valence-corrected chi connectivity index (χ0v) is 13.1. The molecule has 20 heavy (non-hydrogen) atoms. The van der Waals surface area contributed by atoms with E-state index in [2.05, 4.69) is 18.7 Å². The monoisotopic (exact) mass is 282 g/mol. The van der Waals surface area contributed by atoms with Gasteiger partial charge in [0.25, 0.3) is 0 Å². The third-order valence-electron chi connectivity index (χ3n) is 4.77. The van der Waals surface area contributed by atoms with Crippen LogP contribution in [0.5, 0.6) is 0 Å². The quantitative estimate of drug-likeness (QED) is 0.846. The molecule has 2 unspecified atom stereocenters. The van der Waals surface area contributed by atoms with Crippen LogP contribution in [0.2, 0.25) is 0 Å². The molecular formula is C15H30N4O. The van der Waals surface area contributed by atoms with Crippen LogP contribution in [-0.2, 0) is 0 Å². The summed E-state index contributed by atoms with van der Waals surface area (Å²) < 4.78 is 0. The van der Waals surface area contributed by atoms with E-state index in [0.29, 0.717) is 18.5 Å². The summed E-state index contributed by atoms with van der Waals surface area (Å²) in [5.74, 6) is 0.649. The highest BCUT2D eigenvalue weighted by atomic mass is 16.2. The Kier molecular flexibility index (Phi) is 5.66. The molecule has 2 N–H and O–H groups in total. The molecule has 2 rings (SSSR count). The minimum Gasteiger partial charge on any atom is -0.329 e. The van der Waals surface area contributed by atoms with E-state index in [-0.39, 0.29) is 6.03 Å². The fourth-order valence-corrected chi connectivity index (χ4v) is 3.42. The molecule has 116 valence electrons. The highest BCUT2D eigenvalue weighted by Crippen LogP contribution is 2.18. The zero-order chi connectivity index (χ0) is 14.5. The van der Waals surface area contributed by atoms with E-state index in [1.807, 2.05) is 9.80 Å². The topological polar surface area (TPSA) is 52.8 Å². The number of piperazine rings is 1. The smallest absolute Gasteiger partial charge is 0.320 e. The Bertz CT molecular complexity index is 311. The van der Waals surface area contributed by atoms with Crippen LogP contribution in [0.15, 0.2) is 0 Å². The van der Waals surface area contributed by atoms with Gasteiger partial charge in [-0.2, -0.15) is 0 Å². The van der Waals surface area contributed by atoms with E-state index in [9.17, 15) is 4.79 Å². The summed E-state index contributed by atoms with van der Waals surface area (Å²) in [5.41, 5.74) is 5.81. The first kappa shape index (κ1) is 15.6. The van der Waals surface area contributed by atoms with Gasteiger partial charge < -0.3 is 15.5 Å². The number of carbonyl (C=O) groups is 1. The average molecular weight is 282 g/mol. The Morgan fingerprint density at radius 2 is 1.90 bits per heavy atom. The fourth-order valence-electron chi connectivity index (χ4n) is 3.42. The summed E-state index contributed by atoms with van der Waals surface area (Å²) in [6.45, 7) is 10.6. The summed E-state index contributed by atoms with van der Waals surface area (Å²) >= 11 is 0. The van der Waals surface area contributed by atoms with Crippen molar-refractivity contribution >= 4 is 6.03 Å². The van der Waals surface area contributed by atoms with E-state index in [1.165, 1.54) is 6.42 Å². The van der Waals surface area contributed by atoms with Crippen molar-refractivity contribution in [1.82, 2.24) is 14.7 Å². The molecular weight excluding hydrogens is 252 g/mol. The summed E-state index contributed by atoms with van der Waals surface area (Å²) in [6.07, 6.45) is 3.50. The SMILES string of the molecule is CCC(CN)N1CCN(C(=O)N2CCCC(C)C2)CC1. The van der Waals surface area contributed by atoms with Crippen LogP contribution in [0, 0.1) is 5.92 Å². The number of amides is 2. The first-order valence-electron chi connectivity index (χ1n) is 8.13. The van der Waals surface area contributed by atoms with Crippen molar-refractivity contribution in [3.05, 3.63) is 0 Å². The van der Waals surface area contributed by atoms with Crippen molar-refractivity contribution < 1.29 is 4.79 Å². The zero-order valence-electron chi connectivity index (χ0n) is 13.1. The van der Waals surface area contributed by atoms with Gasteiger partial charge in [0.05, 0.1) is 0 Å². The van der Waals surface area contributed by atoms with E-state index in [4.69, 9.17) is 5.73 Å². The number of piperidine rings is 1. The van der Waals surface area contributed by atoms with E-state index < -0.39 is 0 Å². The Balaban J connectivity index is 1.82. The van der Waals surface area contributed by atoms with Crippen molar-refractivity contribution in [2.75, 3.05) is 45.8 Å². The average Bonchev–Trinajstić information content (AvgIpc) is 2.48.